The molecule has 0 aliphatic rings. The first-order valence-electron chi connectivity index (χ1n) is 15.3. The van der Waals surface area contributed by atoms with Crippen molar-refractivity contribution in [3.05, 3.63) is 158 Å². The molecule has 3 heterocycles. The zero-order valence-electron chi connectivity index (χ0n) is 24.3. The largest absolute Gasteiger partial charge is 0.309 e. The van der Waals surface area contributed by atoms with Gasteiger partial charge in [0.1, 0.15) is 0 Å². The lowest BCUT2D eigenvalue weighted by Gasteiger charge is -2.13. The average Bonchev–Trinajstić information content (AvgIpc) is 3.75. The number of fused-ring (bicyclic) bond motifs is 9. The van der Waals surface area contributed by atoms with Crippen LogP contribution in [0.25, 0.3) is 82.7 Å². The van der Waals surface area contributed by atoms with Crippen LogP contribution in [0, 0.1) is 0 Å². The lowest BCUT2D eigenvalue weighted by molar-refractivity contribution is 0.956. The van der Waals surface area contributed by atoms with E-state index in [4.69, 9.17) is 4.98 Å². The Morgan fingerprint density at radius 2 is 0.956 bits per heavy atom. The van der Waals surface area contributed by atoms with E-state index in [-0.39, 0.29) is 0 Å². The molecule has 0 atom stereocenters. The second kappa shape index (κ2) is 9.18. The van der Waals surface area contributed by atoms with Crippen LogP contribution >= 0.6 is 0 Å². The minimum atomic E-state index is 0.876. The topological polar surface area (TPSA) is 27.7 Å². The molecule has 0 saturated heterocycles. The van der Waals surface area contributed by atoms with Crippen LogP contribution in [0.3, 0.4) is 0 Å². The summed E-state index contributed by atoms with van der Waals surface area (Å²) in [6, 6.07) is 56.4. The summed E-state index contributed by atoms with van der Waals surface area (Å²) in [5, 5.41) is 7.40. The van der Waals surface area contributed by atoms with E-state index in [1.165, 1.54) is 43.4 Å². The molecule has 0 unspecified atom stereocenters. The maximum atomic E-state index is 5.30. The predicted molar refractivity (Wildman–Crippen MR) is 187 cm³/mol. The van der Waals surface area contributed by atoms with Gasteiger partial charge >= 0.3 is 0 Å². The van der Waals surface area contributed by atoms with Gasteiger partial charge in [-0.25, -0.2) is 4.98 Å². The number of benzene rings is 7. The van der Waals surface area contributed by atoms with Crippen molar-refractivity contribution >= 4 is 65.4 Å². The third-order valence-electron chi connectivity index (χ3n) is 9.22. The molecular weight excluding hydrogens is 548 g/mol. The zero-order chi connectivity index (χ0) is 29.5. The number of nitrogens with zero attached hydrogens (tertiary/aromatic N) is 4. The van der Waals surface area contributed by atoms with Crippen LogP contribution in [0.4, 0.5) is 0 Å². The van der Waals surface area contributed by atoms with Gasteiger partial charge in [0, 0.05) is 38.3 Å². The summed E-state index contributed by atoms with van der Waals surface area (Å²) < 4.78 is 7.07. The summed E-state index contributed by atoms with van der Waals surface area (Å²) in [6.45, 7) is 0. The van der Waals surface area contributed by atoms with Crippen LogP contribution in [0.5, 0.6) is 0 Å². The van der Waals surface area contributed by atoms with E-state index in [9.17, 15) is 0 Å². The molecule has 0 bridgehead atoms. The maximum absolute atomic E-state index is 5.30. The maximum Gasteiger partial charge on any atom is 0.220 e. The summed E-state index contributed by atoms with van der Waals surface area (Å²) in [7, 11) is 0. The first-order valence-corrected chi connectivity index (χ1v) is 15.3. The first kappa shape index (κ1) is 24.3. The fraction of sp³-hybridized carbons (Fsp3) is 0. The Morgan fingerprint density at radius 3 is 1.76 bits per heavy atom. The summed E-state index contributed by atoms with van der Waals surface area (Å²) in [5.41, 5.74) is 8.93. The van der Waals surface area contributed by atoms with E-state index < -0.39 is 0 Å². The Balaban J connectivity index is 1.41. The number of aromatic nitrogens is 4. The molecule has 10 rings (SSSR count). The second-order valence-corrected chi connectivity index (χ2v) is 11.7. The fourth-order valence-electron chi connectivity index (χ4n) is 7.29. The Hall–Kier alpha value is -6.13. The highest BCUT2D eigenvalue weighted by Gasteiger charge is 2.22. The molecule has 0 aliphatic carbocycles. The predicted octanol–water partition coefficient (Wildman–Crippen LogP) is 10.4. The molecular formula is C41H26N4. The first-order chi connectivity index (χ1) is 22.3. The molecule has 0 saturated carbocycles. The van der Waals surface area contributed by atoms with Crippen molar-refractivity contribution in [1.82, 2.24) is 18.7 Å². The van der Waals surface area contributed by atoms with Gasteiger partial charge in [0.2, 0.25) is 5.95 Å². The summed E-state index contributed by atoms with van der Waals surface area (Å²) in [6.07, 6.45) is 0. The highest BCUT2D eigenvalue weighted by molar-refractivity contribution is 6.23. The van der Waals surface area contributed by atoms with Crippen LogP contribution < -0.4 is 0 Å². The van der Waals surface area contributed by atoms with Crippen molar-refractivity contribution in [2.75, 3.05) is 0 Å². The molecule has 0 amide bonds. The Kier molecular flexibility index (Phi) is 4.96. The van der Waals surface area contributed by atoms with Crippen molar-refractivity contribution in [2.24, 2.45) is 0 Å². The van der Waals surface area contributed by atoms with Gasteiger partial charge in [-0.1, -0.05) is 103 Å². The molecule has 4 heteroatoms. The number of imidazole rings is 1. The van der Waals surface area contributed by atoms with E-state index >= 15 is 0 Å². The van der Waals surface area contributed by atoms with Gasteiger partial charge in [0.15, 0.2) is 0 Å². The summed E-state index contributed by atoms with van der Waals surface area (Å²) in [5.74, 6) is 0.876. The van der Waals surface area contributed by atoms with Crippen LogP contribution in [-0.2, 0) is 0 Å². The molecule has 3 aromatic heterocycles. The second-order valence-electron chi connectivity index (χ2n) is 11.7. The molecule has 45 heavy (non-hydrogen) atoms. The van der Waals surface area contributed by atoms with Crippen LogP contribution in [0.15, 0.2) is 158 Å². The highest BCUT2D eigenvalue weighted by atomic mass is 15.2. The van der Waals surface area contributed by atoms with Crippen LogP contribution in [0.2, 0.25) is 0 Å². The van der Waals surface area contributed by atoms with E-state index in [0.29, 0.717) is 0 Å². The van der Waals surface area contributed by atoms with Gasteiger partial charge in [-0.05, 0) is 60.0 Å². The van der Waals surface area contributed by atoms with E-state index in [2.05, 4.69) is 171 Å². The molecule has 0 radical (unpaired) electrons. The third kappa shape index (κ3) is 3.39. The molecule has 10 aromatic rings. The Bertz CT molecular complexity index is 2750. The van der Waals surface area contributed by atoms with Gasteiger partial charge in [-0.3, -0.25) is 9.13 Å². The van der Waals surface area contributed by atoms with Crippen molar-refractivity contribution in [3.8, 4) is 17.3 Å². The van der Waals surface area contributed by atoms with Crippen LogP contribution in [-0.4, -0.2) is 18.7 Å². The highest BCUT2D eigenvalue weighted by Crippen LogP contribution is 2.42. The molecule has 0 N–H and O–H groups in total. The lowest BCUT2D eigenvalue weighted by atomic mass is 10.0. The van der Waals surface area contributed by atoms with E-state index in [1.54, 1.807) is 0 Å². The normalized spacial score (nSPS) is 12.0. The van der Waals surface area contributed by atoms with Gasteiger partial charge in [-0.2, -0.15) is 0 Å². The van der Waals surface area contributed by atoms with E-state index in [0.717, 1.165) is 39.4 Å². The van der Waals surface area contributed by atoms with Crippen LogP contribution in [0.1, 0.15) is 0 Å². The van der Waals surface area contributed by atoms with Crippen molar-refractivity contribution < 1.29 is 0 Å². The van der Waals surface area contributed by atoms with Gasteiger partial charge in [0.25, 0.3) is 0 Å². The molecule has 210 valence electrons. The fourth-order valence-corrected chi connectivity index (χ4v) is 7.29. The third-order valence-corrected chi connectivity index (χ3v) is 9.22. The van der Waals surface area contributed by atoms with Crippen molar-refractivity contribution in [3.63, 3.8) is 0 Å². The summed E-state index contributed by atoms with van der Waals surface area (Å²) in [4.78, 5) is 5.30. The SMILES string of the molecule is c1ccc(-n2c(-n3c4ccccc4c4cc5c6ccc7ccccc7c6n(-c6ccccc6)c5cc43)nc3ccccc32)cc1. The summed E-state index contributed by atoms with van der Waals surface area (Å²) >= 11 is 0. The zero-order valence-corrected chi connectivity index (χ0v) is 24.3. The monoisotopic (exact) mass is 574 g/mol. The molecule has 7 aromatic carbocycles. The molecule has 4 nitrogen and oxygen atoms in total. The minimum Gasteiger partial charge on any atom is -0.309 e. The Labute approximate surface area is 258 Å². The quantitative estimate of drug-likeness (QED) is 0.206. The van der Waals surface area contributed by atoms with E-state index in [1.807, 2.05) is 0 Å². The van der Waals surface area contributed by atoms with Gasteiger partial charge in [-0.15, -0.1) is 0 Å². The van der Waals surface area contributed by atoms with Gasteiger partial charge in [0.05, 0.1) is 33.1 Å². The molecule has 0 aliphatic heterocycles. The van der Waals surface area contributed by atoms with Gasteiger partial charge < -0.3 is 4.57 Å². The minimum absolute atomic E-state index is 0.876. The number of para-hydroxylation sites is 5. The standard InChI is InChI=1S/C41H26N4/c1-3-14-28(15-4-1)43-38-26-39-33(25-34(38)32-24-23-27-13-7-8-18-30(27)40(32)43)31-19-9-11-21-36(31)45(39)41-42-35-20-10-12-22-37(35)44(41)29-16-5-2-6-17-29/h1-26H. The Morgan fingerprint density at radius 1 is 0.356 bits per heavy atom. The molecule has 0 spiro atoms. The van der Waals surface area contributed by atoms with Crippen molar-refractivity contribution in [2.45, 2.75) is 0 Å². The average molecular weight is 575 g/mol. The number of hydrogen-bond acceptors (Lipinski definition) is 1. The smallest absolute Gasteiger partial charge is 0.220 e. The number of hydrogen-bond donors (Lipinski definition) is 0. The lowest BCUT2D eigenvalue weighted by Crippen LogP contribution is -2.05. The number of rotatable bonds is 3. The molecule has 0 fully saturated rings. The van der Waals surface area contributed by atoms with Crippen molar-refractivity contribution in [1.29, 1.82) is 0 Å².